The number of rotatable bonds is 7. The van der Waals surface area contributed by atoms with Gasteiger partial charge in [0, 0.05) is 23.7 Å². The second-order valence-corrected chi connectivity index (χ2v) is 7.85. The number of alkyl carbamates (subject to hydrolysis) is 1. The number of benzene rings is 3. The Hall–Kier alpha value is -3.86. The Morgan fingerprint density at radius 1 is 1.00 bits per heavy atom. The first kappa shape index (κ1) is 21.4. The van der Waals surface area contributed by atoms with Crippen LogP contribution in [0.2, 0.25) is 0 Å². The largest absolute Gasteiger partial charge is 0.449 e. The van der Waals surface area contributed by atoms with E-state index in [0.717, 1.165) is 5.56 Å². The number of anilines is 1. The van der Waals surface area contributed by atoms with Gasteiger partial charge in [-0.25, -0.2) is 4.79 Å². The topological polar surface area (TPSA) is 81.4 Å². The number of amides is 1. The zero-order valence-corrected chi connectivity index (χ0v) is 18.0. The summed E-state index contributed by atoms with van der Waals surface area (Å²) < 4.78 is 5.53. The minimum absolute atomic E-state index is 0.0500. The van der Waals surface area contributed by atoms with Crippen LogP contribution in [0.25, 0.3) is 17.2 Å². The lowest BCUT2D eigenvalue weighted by atomic mass is 9.98. The molecule has 0 heterocycles. The van der Waals surface area contributed by atoms with Crippen molar-refractivity contribution < 1.29 is 14.3 Å². The third-order valence-corrected chi connectivity index (χ3v) is 5.69. The van der Waals surface area contributed by atoms with Gasteiger partial charge in [-0.3, -0.25) is 4.79 Å². The minimum atomic E-state index is -0.424. The fourth-order valence-corrected chi connectivity index (χ4v) is 4.11. The summed E-state index contributed by atoms with van der Waals surface area (Å²) in [5, 5.41) is 2.79. The van der Waals surface area contributed by atoms with Crippen LogP contribution in [0.15, 0.2) is 72.8 Å². The van der Waals surface area contributed by atoms with E-state index in [9.17, 15) is 9.59 Å². The number of hydrogen-bond acceptors (Lipinski definition) is 4. The van der Waals surface area contributed by atoms with Crippen molar-refractivity contribution in [1.82, 2.24) is 5.32 Å². The van der Waals surface area contributed by atoms with Crippen molar-refractivity contribution in [3.63, 3.8) is 0 Å². The molecule has 5 nitrogen and oxygen atoms in total. The van der Waals surface area contributed by atoms with Crippen molar-refractivity contribution in [3.8, 4) is 11.1 Å². The molecule has 0 saturated carbocycles. The van der Waals surface area contributed by atoms with E-state index >= 15 is 0 Å². The third kappa shape index (κ3) is 4.57. The molecule has 4 rings (SSSR count). The van der Waals surface area contributed by atoms with Crippen LogP contribution in [0.5, 0.6) is 0 Å². The van der Waals surface area contributed by atoms with Gasteiger partial charge in [0.25, 0.3) is 0 Å². The van der Waals surface area contributed by atoms with E-state index in [-0.39, 0.29) is 11.7 Å². The number of ether oxygens (including phenoxy) is 1. The maximum atomic E-state index is 12.2. The van der Waals surface area contributed by atoms with Crippen LogP contribution in [0.3, 0.4) is 0 Å². The normalized spacial score (nSPS) is 12.4. The highest BCUT2D eigenvalue weighted by atomic mass is 16.5. The molecule has 0 radical (unpaired) electrons. The van der Waals surface area contributed by atoms with Crippen LogP contribution in [0.1, 0.15) is 46.3 Å². The van der Waals surface area contributed by atoms with Gasteiger partial charge in [-0.1, -0.05) is 66.7 Å². The number of nitrogens with two attached hydrogens (primary N) is 1. The maximum Gasteiger partial charge on any atom is 0.407 e. The first-order chi connectivity index (χ1) is 15.5. The van der Waals surface area contributed by atoms with Crippen LogP contribution in [0, 0.1) is 0 Å². The van der Waals surface area contributed by atoms with Gasteiger partial charge in [0.2, 0.25) is 0 Å². The highest BCUT2D eigenvalue weighted by Gasteiger charge is 2.28. The second kappa shape index (κ2) is 9.52. The van der Waals surface area contributed by atoms with Crippen LogP contribution in [0.4, 0.5) is 10.5 Å². The fourth-order valence-electron chi connectivity index (χ4n) is 4.11. The molecule has 0 bridgehead atoms. The number of carbonyl (C=O) groups is 2. The van der Waals surface area contributed by atoms with Gasteiger partial charge >= 0.3 is 6.09 Å². The summed E-state index contributed by atoms with van der Waals surface area (Å²) in [7, 11) is 0. The van der Waals surface area contributed by atoms with Gasteiger partial charge in [0.05, 0.1) is 0 Å². The lowest BCUT2D eigenvalue weighted by Crippen LogP contribution is -2.26. The summed E-state index contributed by atoms with van der Waals surface area (Å²) in [6.45, 7) is 2.26. The molecular weight excluding hydrogens is 400 g/mol. The molecule has 1 aliphatic rings. The highest BCUT2D eigenvalue weighted by Crippen LogP contribution is 2.44. The molecule has 0 fully saturated rings. The zero-order chi connectivity index (χ0) is 22.5. The molecular formula is C27H26N2O3. The van der Waals surface area contributed by atoms with E-state index in [2.05, 4.69) is 29.6 Å². The zero-order valence-electron chi connectivity index (χ0n) is 18.0. The molecule has 0 spiro atoms. The molecule has 0 saturated heterocycles. The third-order valence-electron chi connectivity index (χ3n) is 5.69. The average Bonchev–Trinajstić information content (AvgIpc) is 3.12. The number of nitrogens with one attached hydrogen (secondary N) is 1. The van der Waals surface area contributed by atoms with E-state index in [4.69, 9.17) is 10.5 Å². The van der Waals surface area contributed by atoms with Crippen molar-refractivity contribution in [2.45, 2.75) is 19.3 Å². The molecule has 5 heteroatoms. The monoisotopic (exact) mass is 426 g/mol. The van der Waals surface area contributed by atoms with Gasteiger partial charge in [0.15, 0.2) is 5.78 Å². The molecule has 3 N–H and O–H groups in total. The number of Topliss-reactive ketones (excluding diaryl/α,β-unsaturated/α-hetero) is 1. The van der Waals surface area contributed by atoms with Crippen LogP contribution >= 0.6 is 0 Å². The Bertz CT molecular complexity index is 1140. The van der Waals surface area contributed by atoms with Gasteiger partial charge in [-0.15, -0.1) is 0 Å². The van der Waals surface area contributed by atoms with E-state index < -0.39 is 6.09 Å². The smallest absolute Gasteiger partial charge is 0.407 e. The number of fused-ring (bicyclic) bond motifs is 3. The van der Waals surface area contributed by atoms with Gasteiger partial charge in [0.1, 0.15) is 6.61 Å². The van der Waals surface area contributed by atoms with Gasteiger partial charge in [-0.2, -0.15) is 0 Å². The molecule has 0 unspecified atom stereocenters. The predicted molar refractivity (Wildman–Crippen MR) is 128 cm³/mol. The Labute approximate surface area is 187 Å². The van der Waals surface area contributed by atoms with E-state index in [0.29, 0.717) is 30.8 Å². The lowest BCUT2D eigenvalue weighted by Gasteiger charge is -2.14. The Morgan fingerprint density at radius 3 is 2.31 bits per heavy atom. The number of ketones is 1. The molecule has 0 aromatic heterocycles. The summed E-state index contributed by atoms with van der Waals surface area (Å²) in [5.41, 5.74) is 12.5. The minimum Gasteiger partial charge on any atom is -0.449 e. The Kier molecular flexibility index (Phi) is 6.36. The van der Waals surface area contributed by atoms with Crippen molar-refractivity contribution in [2.75, 3.05) is 18.9 Å². The van der Waals surface area contributed by atoms with E-state index in [1.54, 1.807) is 12.1 Å². The number of nitrogen functional groups attached to an aromatic ring is 1. The Balaban J connectivity index is 1.27. The number of hydrogen-bond donors (Lipinski definition) is 2. The first-order valence-corrected chi connectivity index (χ1v) is 10.7. The highest BCUT2D eigenvalue weighted by molar-refractivity contribution is 5.99. The first-order valence-electron chi connectivity index (χ1n) is 10.7. The standard InChI is InChI=1S/C27H26N2O3/c1-18(30)24-16-19(13-14-26(24)28)8-6-7-15-29-27(31)32-17-25-22-11-4-2-9-20(22)21-10-3-5-12-23(21)25/h2-6,8-14,16,25H,7,15,17,28H2,1H3,(H,29,31). The molecule has 0 atom stereocenters. The second-order valence-electron chi connectivity index (χ2n) is 7.85. The van der Waals surface area contributed by atoms with Gasteiger partial charge in [-0.05, 0) is 53.3 Å². The van der Waals surface area contributed by atoms with Gasteiger partial charge < -0.3 is 15.8 Å². The molecule has 0 aliphatic heterocycles. The van der Waals surface area contributed by atoms with Crippen LogP contribution in [-0.2, 0) is 4.74 Å². The van der Waals surface area contributed by atoms with Crippen molar-refractivity contribution in [2.24, 2.45) is 0 Å². The lowest BCUT2D eigenvalue weighted by molar-refractivity contribution is 0.101. The van der Waals surface area contributed by atoms with Crippen LogP contribution in [-0.4, -0.2) is 25.0 Å². The summed E-state index contributed by atoms with van der Waals surface area (Å²) in [5.74, 6) is -0.0105. The molecule has 32 heavy (non-hydrogen) atoms. The SMILES string of the molecule is CC(=O)c1cc(C=CCCNC(=O)OCC2c3ccccc3-c3ccccc32)ccc1N. The molecule has 1 aliphatic carbocycles. The van der Waals surface area contributed by atoms with E-state index in [1.807, 2.05) is 42.5 Å². The summed E-state index contributed by atoms with van der Waals surface area (Å²) in [4.78, 5) is 23.8. The molecule has 3 aromatic rings. The maximum absolute atomic E-state index is 12.2. The summed E-state index contributed by atoms with van der Waals surface area (Å²) in [6.07, 6.45) is 4.07. The Morgan fingerprint density at radius 2 is 1.66 bits per heavy atom. The molecule has 162 valence electrons. The van der Waals surface area contributed by atoms with Crippen molar-refractivity contribution in [3.05, 3.63) is 95.1 Å². The summed E-state index contributed by atoms with van der Waals surface area (Å²) >= 11 is 0. The van der Waals surface area contributed by atoms with Crippen LogP contribution < -0.4 is 11.1 Å². The predicted octanol–water partition coefficient (Wildman–Crippen LogP) is 5.41. The molecule has 3 aromatic carbocycles. The fraction of sp³-hybridized carbons (Fsp3) is 0.185. The van der Waals surface area contributed by atoms with E-state index in [1.165, 1.54) is 29.2 Å². The number of carbonyl (C=O) groups excluding carboxylic acids is 2. The van der Waals surface area contributed by atoms with Crippen molar-refractivity contribution >= 4 is 23.6 Å². The summed E-state index contributed by atoms with van der Waals surface area (Å²) in [6, 6.07) is 21.9. The van der Waals surface area contributed by atoms with Crippen molar-refractivity contribution in [1.29, 1.82) is 0 Å². The average molecular weight is 427 g/mol. The quantitative estimate of drug-likeness (QED) is 0.301. The molecule has 1 amide bonds.